The Kier molecular flexibility index (Phi) is 10.3. The lowest BCUT2D eigenvalue weighted by atomic mass is 9.81. The number of hydrogen-bond acceptors (Lipinski definition) is 4. The maximum absolute atomic E-state index is 14.7. The molecule has 1 N–H and O–H groups in total. The number of rotatable bonds is 8. The van der Waals surface area contributed by atoms with E-state index in [9.17, 15) is 9.18 Å². The molecule has 3 aromatic carbocycles. The highest BCUT2D eigenvalue weighted by Gasteiger charge is 2.21. The number of hydrogen-bond donors (Lipinski definition) is 1. The van der Waals surface area contributed by atoms with Crippen LogP contribution in [-0.4, -0.2) is 32.4 Å². The summed E-state index contributed by atoms with van der Waals surface area (Å²) in [5, 5.41) is 8.88. The summed E-state index contributed by atoms with van der Waals surface area (Å²) in [5.41, 5.74) is 4.03. The first kappa shape index (κ1) is 27.9. The van der Waals surface area contributed by atoms with Crippen molar-refractivity contribution in [1.29, 1.82) is 0 Å². The SMILES string of the molecule is COC.COc1ccc(F)c(-c2ccc(COc3cccc(CCC(=O)O)c3)cc2C(C)(C)C)c1. The van der Waals surface area contributed by atoms with Crippen LogP contribution in [0, 0.1) is 5.82 Å². The summed E-state index contributed by atoms with van der Waals surface area (Å²) >= 11 is 0. The number of carboxylic acids is 1. The second-order valence-electron chi connectivity index (χ2n) is 9.21. The second-order valence-corrected chi connectivity index (χ2v) is 9.21. The molecule has 0 aliphatic carbocycles. The van der Waals surface area contributed by atoms with Crippen LogP contribution < -0.4 is 9.47 Å². The Morgan fingerprint density at radius 3 is 2.23 bits per heavy atom. The third-order valence-corrected chi connectivity index (χ3v) is 5.29. The summed E-state index contributed by atoms with van der Waals surface area (Å²) in [7, 11) is 4.82. The first-order chi connectivity index (χ1) is 16.6. The molecule has 0 fully saturated rings. The molecular weight excluding hydrogens is 447 g/mol. The lowest BCUT2D eigenvalue weighted by Gasteiger charge is -2.24. The van der Waals surface area contributed by atoms with Gasteiger partial charge < -0.3 is 19.3 Å². The molecular formula is C29H35FO5. The number of ether oxygens (including phenoxy) is 3. The molecule has 0 amide bonds. The van der Waals surface area contributed by atoms with Crippen LogP contribution in [-0.2, 0) is 28.0 Å². The van der Waals surface area contributed by atoms with Gasteiger partial charge in [0.15, 0.2) is 0 Å². The fraction of sp³-hybridized carbons (Fsp3) is 0.345. The number of carbonyl (C=O) groups is 1. The van der Waals surface area contributed by atoms with Crippen LogP contribution in [0.15, 0.2) is 60.7 Å². The zero-order chi connectivity index (χ0) is 26.0. The standard InChI is InChI=1S/C27H29FO4.C2H6O/c1-27(2,3)24-15-19(8-11-22(24)23-16-20(31-4)10-12-25(23)28)17-32-21-7-5-6-18(14-21)9-13-26(29)30;1-3-2/h5-8,10-12,14-16H,9,13,17H2,1-4H3,(H,29,30);1-2H3. The number of methoxy groups -OCH3 is 2. The van der Waals surface area contributed by atoms with E-state index in [2.05, 4.69) is 31.6 Å². The molecule has 0 spiro atoms. The van der Waals surface area contributed by atoms with E-state index in [-0.39, 0.29) is 17.7 Å². The minimum Gasteiger partial charge on any atom is -0.497 e. The molecule has 35 heavy (non-hydrogen) atoms. The number of halogens is 1. The largest absolute Gasteiger partial charge is 0.497 e. The molecule has 0 aliphatic rings. The van der Waals surface area contributed by atoms with Crippen LogP contribution in [0.4, 0.5) is 4.39 Å². The van der Waals surface area contributed by atoms with E-state index in [4.69, 9.17) is 14.6 Å². The van der Waals surface area contributed by atoms with Gasteiger partial charge in [-0.15, -0.1) is 0 Å². The van der Waals surface area contributed by atoms with Gasteiger partial charge in [-0.05, 0) is 64.4 Å². The van der Waals surface area contributed by atoms with Crippen LogP contribution in [0.1, 0.15) is 43.9 Å². The van der Waals surface area contributed by atoms with Crippen molar-refractivity contribution < 1.29 is 28.5 Å². The topological polar surface area (TPSA) is 65.0 Å². The summed E-state index contributed by atoms with van der Waals surface area (Å²) in [4.78, 5) is 10.8. The molecule has 0 unspecified atom stereocenters. The van der Waals surface area contributed by atoms with Crippen LogP contribution >= 0.6 is 0 Å². The first-order valence-corrected chi connectivity index (χ1v) is 11.4. The maximum Gasteiger partial charge on any atom is 0.303 e. The predicted octanol–water partition coefficient (Wildman–Crippen LogP) is 6.66. The summed E-state index contributed by atoms with van der Waals surface area (Å²) in [6, 6.07) is 18.2. The predicted molar refractivity (Wildman–Crippen MR) is 137 cm³/mol. The molecule has 0 saturated carbocycles. The van der Waals surface area contributed by atoms with Gasteiger partial charge in [-0.1, -0.05) is 51.1 Å². The van der Waals surface area contributed by atoms with Crippen LogP contribution in [0.5, 0.6) is 11.5 Å². The van der Waals surface area contributed by atoms with E-state index in [1.165, 1.54) is 6.07 Å². The van der Waals surface area contributed by atoms with Gasteiger partial charge in [-0.25, -0.2) is 4.39 Å². The third-order valence-electron chi connectivity index (χ3n) is 5.29. The Morgan fingerprint density at radius 2 is 1.60 bits per heavy atom. The average molecular weight is 483 g/mol. The third kappa shape index (κ3) is 8.41. The Morgan fingerprint density at radius 1 is 0.886 bits per heavy atom. The van der Waals surface area contributed by atoms with E-state index < -0.39 is 5.97 Å². The summed E-state index contributed by atoms with van der Waals surface area (Å²) in [6.07, 6.45) is 0.544. The minimum absolute atomic E-state index is 0.0840. The van der Waals surface area contributed by atoms with Gasteiger partial charge in [0.2, 0.25) is 0 Å². The van der Waals surface area contributed by atoms with Crippen molar-refractivity contribution in [1.82, 2.24) is 0 Å². The van der Waals surface area contributed by atoms with Gasteiger partial charge in [0.25, 0.3) is 0 Å². The minimum atomic E-state index is -0.821. The molecule has 3 aromatic rings. The van der Waals surface area contributed by atoms with Crippen molar-refractivity contribution in [3.8, 4) is 22.6 Å². The Hall–Kier alpha value is -3.38. The van der Waals surface area contributed by atoms with E-state index >= 15 is 0 Å². The van der Waals surface area contributed by atoms with E-state index in [0.717, 1.165) is 22.3 Å². The summed E-state index contributed by atoms with van der Waals surface area (Å²) < 4.78 is 30.2. The summed E-state index contributed by atoms with van der Waals surface area (Å²) in [5.74, 6) is 0.182. The normalized spacial score (nSPS) is 10.8. The lowest BCUT2D eigenvalue weighted by molar-refractivity contribution is -0.136. The van der Waals surface area contributed by atoms with Gasteiger partial charge in [-0.2, -0.15) is 0 Å². The smallest absolute Gasteiger partial charge is 0.303 e. The highest BCUT2D eigenvalue weighted by molar-refractivity contribution is 5.71. The number of carboxylic acid groups (broad SMARTS) is 1. The summed E-state index contributed by atoms with van der Waals surface area (Å²) in [6.45, 7) is 6.65. The van der Waals surface area contributed by atoms with Gasteiger partial charge in [0.1, 0.15) is 23.9 Å². The average Bonchev–Trinajstić information content (AvgIpc) is 2.82. The van der Waals surface area contributed by atoms with Gasteiger partial charge >= 0.3 is 5.97 Å². The van der Waals surface area contributed by atoms with Crippen molar-refractivity contribution in [3.63, 3.8) is 0 Å². The molecule has 0 aromatic heterocycles. The second kappa shape index (κ2) is 12.9. The monoisotopic (exact) mass is 482 g/mol. The number of benzene rings is 3. The molecule has 3 rings (SSSR count). The van der Waals surface area contributed by atoms with E-state index in [0.29, 0.717) is 30.1 Å². The van der Waals surface area contributed by atoms with Gasteiger partial charge in [-0.3, -0.25) is 4.79 Å². The van der Waals surface area contributed by atoms with Crippen LogP contribution in [0.2, 0.25) is 0 Å². The zero-order valence-corrected chi connectivity index (χ0v) is 21.4. The van der Waals surface area contributed by atoms with Crippen molar-refractivity contribution in [3.05, 3.63) is 83.2 Å². The zero-order valence-electron chi connectivity index (χ0n) is 21.4. The van der Waals surface area contributed by atoms with Crippen molar-refractivity contribution in [2.45, 2.75) is 45.6 Å². The molecule has 0 aliphatic heterocycles. The Bertz CT molecular complexity index is 1120. The van der Waals surface area contributed by atoms with Gasteiger partial charge in [0, 0.05) is 26.2 Å². The molecule has 0 radical (unpaired) electrons. The molecule has 0 heterocycles. The number of aryl methyl sites for hydroxylation is 1. The molecule has 188 valence electrons. The van der Waals surface area contributed by atoms with Crippen LogP contribution in [0.3, 0.4) is 0 Å². The van der Waals surface area contributed by atoms with Crippen molar-refractivity contribution >= 4 is 5.97 Å². The molecule has 6 heteroatoms. The fourth-order valence-electron chi connectivity index (χ4n) is 3.58. The Balaban J connectivity index is 0.00000137. The van der Waals surface area contributed by atoms with Crippen molar-refractivity contribution in [2.24, 2.45) is 0 Å². The van der Waals surface area contributed by atoms with E-state index in [1.807, 2.05) is 36.4 Å². The molecule has 0 saturated heterocycles. The maximum atomic E-state index is 14.7. The Labute approximate surface area is 207 Å². The number of aliphatic carboxylic acids is 1. The highest BCUT2D eigenvalue weighted by Crippen LogP contribution is 2.36. The van der Waals surface area contributed by atoms with E-state index in [1.54, 1.807) is 33.5 Å². The first-order valence-electron chi connectivity index (χ1n) is 11.4. The van der Waals surface area contributed by atoms with Crippen molar-refractivity contribution in [2.75, 3.05) is 21.3 Å². The fourth-order valence-corrected chi connectivity index (χ4v) is 3.58. The molecule has 5 nitrogen and oxygen atoms in total. The van der Waals surface area contributed by atoms with Crippen LogP contribution in [0.25, 0.3) is 11.1 Å². The highest BCUT2D eigenvalue weighted by atomic mass is 19.1. The molecule has 0 bridgehead atoms. The quantitative estimate of drug-likeness (QED) is 0.389. The lowest BCUT2D eigenvalue weighted by Crippen LogP contribution is -2.14. The molecule has 0 atom stereocenters. The van der Waals surface area contributed by atoms with Gasteiger partial charge in [0.05, 0.1) is 7.11 Å².